The molecule has 0 amide bonds. The van der Waals surface area contributed by atoms with Crippen molar-refractivity contribution in [3.8, 4) is 0 Å². The topological polar surface area (TPSA) is 81.2 Å². The van der Waals surface area contributed by atoms with Crippen LogP contribution in [0.5, 0.6) is 0 Å². The first-order valence-electron chi connectivity index (χ1n) is 6.94. The van der Waals surface area contributed by atoms with Crippen LogP contribution in [-0.2, 0) is 0 Å². The number of oxazole rings is 1. The smallest absolute Gasteiger partial charge is 0.298 e. The maximum atomic E-state index is 11.0. The van der Waals surface area contributed by atoms with Gasteiger partial charge in [0, 0.05) is 12.1 Å². The van der Waals surface area contributed by atoms with E-state index in [9.17, 15) is 10.1 Å². The van der Waals surface area contributed by atoms with Crippen LogP contribution in [0.3, 0.4) is 0 Å². The summed E-state index contributed by atoms with van der Waals surface area (Å²) in [5.74, 6) is 0.776. The van der Waals surface area contributed by atoms with Crippen molar-refractivity contribution >= 4 is 22.8 Å². The van der Waals surface area contributed by atoms with Gasteiger partial charge in [-0.15, -0.1) is 0 Å². The van der Waals surface area contributed by atoms with Gasteiger partial charge in [-0.1, -0.05) is 13.0 Å². The van der Waals surface area contributed by atoms with Crippen LogP contribution < -0.4 is 5.32 Å². The Labute approximate surface area is 116 Å². The van der Waals surface area contributed by atoms with E-state index in [1.807, 2.05) is 0 Å². The van der Waals surface area contributed by atoms with Gasteiger partial charge in [0.15, 0.2) is 11.1 Å². The Morgan fingerprint density at radius 2 is 2.10 bits per heavy atom. The number of nitrogens with zero attached hydrogens (tertiary/aromatic N) is 2. The quantitative estimate of drug-likeness (QED) is 0.681. The monoisotopic (exact) mass is 275 g/mol. The Balaban J connectivity index is 1.82. The second kappa shape index (κ2) is 5.11. The van der Waals surface area contributed by atoms with Crippen molar-refractivity contribution in [3.63, 3.8) is 0 Å². The van der Waals surface area contributed by atoms with Crippen LogP contribution in [0.1, 0.15) is 32.6 Å². The van der Waals surface area contributed by atoms with Crippen LogP contribution in [-0.4, -0.2) is 15.9 Å². The Morgan fingerprint density at radius 1 is 1.35 bits per heavy atom. The highest BCUT2D eigenvalue weighted by atomic mass is 16.6. The summed E-state index contributed by atoms with van der Waals surface area (Å²) >= 11 is 0. The minimum atomic E-state index is -0.434. The molecule has 1 saturated carbocycles. The van der Waals surface area contributed by atoms with E-state index in [1.165, 1.54) is 18.9 Å². The number of fused-ring (bicyclic) bond motifs is 1. The van der Waals surface area contributed by atoms with E-state index >= 15 is 0 Å². The second-order valence-corrected chi connectivity index (χ2v) is 5.50. The summed E-state index contributed by atoms with van der Waals surface area (Å²) in [4.78, 5) is 14.7. The summed E-state index contributed by atoms with van der Waals surface area (Å²) in [5, 5.41) is 14.2. The lowest BCUT2D eigenvalue weighted by Gasteiger charge is -2.26. The van der Waals surface area contributed by atoms with E-state index in [1.54, 1.807) is 12.1 Å². The first-order valence-corrected chi connectivity index (χ1v) is 6.94. The van der Waals surface area contributed by atoms with Crippen molar-refractivity contribution in [1.29, 1.82) is 0 Å². The molecule has 20 heavy (non-hydrogen) atoms. The third kappa shape index (κ3) is 2.45. The molecule has 1 heterocycles. The molecule has 1 aromatic heterocycles. The van der Waals surface area contributed by atoms with E-state index < -0.39 is 4.92 Å². The standard InChI is InChI=1S/C14H17N3O3/c1-9-5-7-10(8-6-9)15-14-16-13-11(17(18)19)3-2-4-12(13)20-14/h2-4,9-10H,5-8H2,1H3,(H,15,16). The predicted octanol–water partition coefficient (Wildman–Crippen LogP) is 3.73. The number of anilines is 1. The lowest BCUT2D eigenvalue weighted by molar-refractivity contribution is -0.383. The number of nitro benzene ring substituents is 1. The molecular weight excluding hydrogens is 258 g/mol. The molecule has 0 spiro atoms. The second-order valence-electron chi connectivity index (χ2n) is 5.50. The Hall–Kier alpha value is -2.11. The fourth-order valence-electron chi connectivity index (χ4n) is 2.72. The van der Waals surface area contributed by atoms with Crippen LogP contribution in [0.25, 0.3) is 11.1 Å². The molecule has 106 valence electrons. The highest BCUT2D eigenvalue weighted by Gasteiger charge is 2.21. The highest BCUT2D eigenvalue weighted by molar-refractivity contribution is 5.84. The molecular formula is C14H17N3O3. The van der Waals surface area contributed by atoms with Crippen molar-refractivity contribution in [2.24, 2.45) is 5.92 Å². The van der Waals surface area contributed by atoms with Gasteiger partial charge in [0.25, 0.3) is 11.7 Å². The summed E-state index contributed by atoms with van der Waals surface area (Å²) in [6.07, 6.45) is 4.56. The van der Waals surface area contributed by atoms with Crippen molar-refractivity contribution in [2.45, 2.75) is 38.6 Å². The first kappa shape index (κ1) is 12.9. The molecule has 1 aliphatic rings. The number of non-ortho nitro benzene ring substituents is 1. The van der Waals surface area contributed by atoms with Gasteiger partial charge in [-0.25, -0.2) is 0 Å². The third-order valence-corrected chi connectivity index (χ3v) is 3.94. The van der Waals surface area contributed by atoms with E-state index in [4.69, 9.17) is 4.42 Å². The molecule has 2 aromatic rings. The zero-order chi connectivity index (χ0) is 14.1. The number of hydrogen-bond donors (Lipinski definition) is 1. The normalized spacial score (nSPS) is 22.9. The molecule has 6 heteroatoms. The van der Waals surface area contributed by atoms with Gasteiger partial charge < -0.3 is 9.73 Å². The van der Waals surface area contributed by atoms with Crippen LogP contribution in [0, 0.1) is 16.0 Å². The van der Waals surface area contributed by atoms with E-state index in [2.05, 4.69) is 17.2 Å². The Kier molecular flexibility index (Phi) is 3.30. The van der Waals surface area contributed by atoms with Crippen molar-refractivity contribution in [1.82, 2.24) is 4.98 Å². The molecule has 0 bridgehead atoms. The van der Waals surface area contributed by atoms with Crippen molar-refractivity contribution < 1.29 is 9.34 Å². The summed E-state index contributed by atoms with van der Waals surface area (Å²) in [7, 11) is 0. The largest absolute Gasteiger partial charge is 0.423 e. The molecule has 0 saturated heterocycles. The molecule has 0 unspecified atom stereocenters. The predicted molar refractivity (Wildman–Crippen MR) is 75.7 cm³/mol. The summed E-state index contributed by atoms with van der Waals surface area (Å²) in [6, 6.07) is 5.48. The molecule has 0 atom stereocenters. The first-order chi connectivity index (χ1) is 9.63. The van der Waals surface area contributed by atoms with Crippen molar-refractivity contribution in [3.05, 3.63) is 28.3 Å². The minimum Gasteiger partial charge on any atom is -0.423 e. The molecule has 6 nitrogen and oxygen atoms in total. The Morgan fingerprint density at radius 3 is 2.80 bits per heavy atom. The number of hydrogen-bond acceptors (Lipinski definition) is 5. The molecule has 0 aliphatic heterocycles. The van der Waals surface area contributed by atoms with E-state index in [0.717, 1.165) is 18.8 Å². The fourth-order valence-corrected chi connectivity index (χ4v) is 2.72. The zero-order valence-corrected chi connectivity index (χ0v) is 11.3. The number of benzene rings is 1. The molecule has 1 fully saturated rings. The van der Waals surface area contributed by atoms with Crippen LogP contribution in [0.15, 0.2) is 22.6 Å². The highest BCUT2D eigenvalue weighted by Crippen LogP contribution is 2.30. The van der Waals surface area contributed by atoms with Gasteiger partial charge in [-0.05, 0) is 37.7 Å². The number of rotatable bonds is 3. The lowest BCUT2D eigenvalue weighted by atomic mass is 9.87. The van der Waals surface area contributed by atoms with Crippen molar-refractivity contribution in [2.75, 3.05) is 5.32 Å². The minimum absolute atomic E-state index is 0.0171. The summed E-state index contributed by atoms with van der Waals surface area (Å²) < 4.78 is 5.56. The van der Waals surface area contributed by atoms with Gasteiger partial charge in [0.05, 0.1) is 4.92 Å². The maximum Gasteiger partial charge on any atom is 0.298 e. The van der Waals surface area contributed by atoms with Gasteiger partial charge in [0.2, 0.25) is 0 Å². The molecule has 1 aliphatic carbocycles. The number of para-hydroxylation sites is 1. The van der Waals surface area contributed by atoms with Gasteiger partial charge in [0.1, 0.15) is 0 Å². The number of nitro groups is 1. The Bertz CT molecular complexity index is 630. The van der Waals surface area contributed by atoms with Gasteiger partial charge in [-0.3, -0.25) is 10.1 Å². The van der Waals surface area contributed by atoms with Crippen LogP contribution in [0.4, 0.5) is 11.7 Å². The molecule has 1 aromatic carbocycles. The zero-order valence-electron chi connectivity index (χ0n) is 11.3. The summed E-state index contributed by atoms with van der Waals surface area (Å²) in [6.45, 7) is 2.26. The molecule has 1 N–H and O–H groups in total. The van der Waals surface area contributed by atoms with E-state index in [-0.39, 0.29) is 5.69 Å². The SMILES string of the molecule is CC1CCC(Nc2nc3c([N+](=O)[O-])cccc3o2)CC1. The average Bonchev–Trinajstić information content (AvgIpc) is 2.83. The number of nitrogens with one attached hydrogen (secondary N) is 1. The summed E-state index contributed by atoms with van der Waals surface area (Å²) in [5.41, 5.74) is 0.742. The van der Waals surface area contributed by atoms with Crippen LogP contribution >= 0.6 is 0 Å². The molecule has 3 rings (SSSR count). The lowest BCUT2D eigenvalue weighted by Crippen LogP contribution is -2.25. The number of aromatic nitrogens is 1. The van der Waals surface area contributed by atoms with Gasteiger partial charge >= 0.3 is 0 Å². The average molecular weight is 275 g/mol. The van der Waals surface area contributed by atoms with Crippen LogP contribution in [0.2, 0.25) is 0 Å². The maximum absolute atomic E-state index is 11.0. The molecule has 0 radical (unpaired) electrons. The van der Waals surface area contributed by atoms with E-state index in [0.29, 0.717) is 23.2 Å². The third-order valence-electron chi connectivity index (χ3n) is 3.94. The fraction of sp³-hybridized carbons (Fsp3) is 0.500. The van der Waals surface area contributed by atoms with Gasteiger partial charge in [-0.2, -0.15) is 4.98 Å².